The summed E-state index contributed by atoms with van der Waals surface area (Å²) in [5.41, 5.74) is 1.52. The molecule has 0 amide bonds. The van der Waals surface area contributed by atoms with E-state index in [4.69, 9.17) is 10.2 Å². The highest BCUT2D eigenvalue weighted by Gasteiger charge is 2.57. The van der Waals surface area contributed by atoms with E-state index in [9.17, 15) is 4.39 Å². The number of allylic oxidation sites excluding steroid dienone is 3. The minimum Gasteiger partial charge on any atom is -0.363 e. The lowest BCUT2D eigenvalue weighted by molar-refractivity contribution is -0.0983. The van der Waals surface area contributed by atoms with Crippen molar-refractivity contribution in [2.75, 3.05) is 0 Å². The molecule has 0 aromatic carbocycles. The third-order valence-electron chi connectivity index (χ3n) is 8.76. The number of aliphatic hydroxyl groups is 2. The zero-order chi connectivity index (χ0) is 17.8. The first-order chi connectivity index (χ1) is 11.9. The molecule has 4 aliphatic carbocycles. The average molecular weight is 349 g/mol. The number of hydrogen-bond donors (Lipinski definition) is 2. The Morgan fingerprint density at radius 3 is 2.68 bits per heavy atom. The molecule has 2 N–H and O–H groups in total. The second kappa shape index (κ2) is 6.20. The minimum atomic E-state index is -1.99. The number of fused-ring (bicyclic) bond motifs is 5. The monoisotopic (exact) mass is 348 g/mol. The maximum Gasteiger partial charge on any atom is 0.205 e. The molecule has 0 radical (unpaired) electrons. The number of halogens is 1. The Bertz CT molecular complexity index is 595. The van der Waals surface area contributed by atoms with Crippen molar-refractivity contribution in [1.82, 2.24) is 0 Å². The van der Waals surface area contributed by atoms with Gasteiger partial charge in [0.2, 0.25) is 6.29 Å². The molecule has 0 saturated heterocycles. The first-order valence-corrected chi connectivity index (χ1v) is 10.3. The molecule has 0 bridgehead atoms. The highest BCUT2D eigenvalue weighted by Crippen LogP contribution is 2.66. The van der Waals surface area contributed by atoms with E-state index < -0.39 is 12.1 Å². The summed E-state index contributed by atoms with van der Waals surface area (Å²) in [4.78, 5) is 0. The van der Waals surface area contributed by atoms with Crippen LogP contribution in [0.2, 0.25) is 0 Å². The molecule has 6 atom stereocenters. The topological polar surface area (TPSA) is 40.5 Å². The van der Waals surface area contributed by atoms with Gasteiger partial charge in [-0.25, -0.2) is 4.39 Å². The average Bonchev–Trinajstić information content (AvgIpc) is 2.91. The Morgan fingerprint density at radius 2 is 1.92 bits per heavy atom. The summed E-state index contributed by atoms with van der Waals surface area (Å²) in [5, 5.41) is 18.2. The fourth-order valence-electron chi connectivity index (χ4n) is 7.34. The van der Waals surface area contributed by atoms with E-state index >= 15 is 0 Å². The Morgan fingerprint density at radius 1 is 1.12 bits per heavy atom. The van der Waals surface area contributed by atoms with Crippen LogP contribution in [0.5, 0.6) is 0 Å². The molecule has 0 spiro atoms. The van der Waals surface area contributed by atoms with Gasteiger partial charge in [-0.15, -0.1) is 0 Å². The normalized spacial score (nSPS) is 47.1. The molecule has 0 heterocycles. The number of aliphatic hydroxyl groups excluding tert-OH is 1. The smallest absolute Gasteiger partial charge is 0.205 e. The molecule has 25 heavy (non-hydrogen) atoms. The largest absolute Gasteiger partial charge is 0.363 e. The molecule has 4 aliphatic rings. The van der Waals surface area contributed by atoms with E-state index in [1.807, 2.05) is 0 Å². The van der Waals surface area contributed by atoms with Crippen LogP contribution in [-0.4, -0.2) is 16.5 Å². The van der Waals surface area contributed by atoms with Gasteiger partial charge in [-0.3, -0.25) is 0 Å². The predicted molar refractivity (Wildman–Crippen MR) is 97.2 cm³/mol. The second-order valence-corrected chi connectivity index (χ2v) is 9.66. The van der Waals surface area contributed by atoms with Crippen molar-refractivity contribution >= 4 is 0 Å². The van der Waals surface area contributed by atoms with Crippen LogP contribution in [0.1, 0.15) is 71.6 Å². The van der Waals surface area contributed by atoms with Crippen molar-refractivity contribution in [3.63, 3.8) is 0 Å². The van der Waals surface area contributed by atoms with Crippen LogP contribution in [0.3, 0.4) is 0 Å². The summed E-state index contributed by atoms with van der Waals surface area (Å²) in [7, 11) is 0. The van der Waals surface area contributed by atoms with Crippen LogP contribution in [0.15, 0.2) is 23.6 Å². The maximum atomic E-state index is 13.8. The van der Waals surface area contributed by atoms with Crippen molar-refractivity contribution < 1.29 is 14.6 Å². The molecule has 4 rings (SSSR count). The molecule has 140 valence electrons. The van der Waals surface area contributed by atoms with E-state index in [1.54, 1.807) is 0 Å². The van der Waals surface area contributed by atoms with Gasteiger partial charge in [0.1, 0.15) is 0 Å². The molecule has 2 nitrogen and oxygen atoms in total. The van der Waals surface area contributed by atoms with Crippen molar-refractivity contribution in [3.8, 4) is 0 Å². The van der Waals surface area contributed by atoms with Crippen LogP contribution >= 0.6 is 0 Å². The van der Waals surface area contributed by atoms with Crippen molar-refractivity contribution in [1.29, 1.82) is 0 Å². The van der Waals surface area contributed by atoms with E-state index in [2.05, 4.69) is 19.9 Å². The summed E-state index contributed by atoms with van der Waals surface area (Å²) in [6.07, 6.45) is 13.3. The maximum absolute atomic E-state index is 13.8. The van der Waals surface area contributed by atoms with Gasteiger partial charge >= 0.3 is 0 Å². The third kappa shape index (κ3) is 2.65. The molecular weight excluding hydrogens is 315 g/mol. The molecule has 3 fully saturated rings. The molecule has 1 unspecified atom stereocenters. The van der Waals surface area contributed by atoms with Gasteiger partial charge in [0.05, 0.1) is 0 Å². The Balaban J connectivity index is 1.59. The fourth-order valence-corrected chi connectivity index (χ4v) is 7.34. The Hall–Kier alpha value is -0.670. The molecule has 0 aliphatic heterocycles. The lowest BCUT2D eigenvalue weighted by Crippen LogP contribution is -2.52. The predicted octanol–water partition coefficient (Wildman–Crippen LogP) is 5.12. The van der Waals surface area contributed by atoms with Gasteiger partial charge in [-0.05, 0) is 91.1 Å². The van der Waals surface area contributed by atoms with Crippen molar-refractivity contribution in [2.45, 2.75) is 77.9 Å². The van der Waals surface area contributed by atoms with E-state index in [-0.39, 0.29) is 5.41 Å². The van der Waals surface area contributed by atoms with Crippen LogP contribution in [0.25, 0.3) is 0 Å². The second-order valence-electron chi connectivity index (χ2n) is 9.66. The molecule has 3 heteroatoms. The highest BCUT2D eigenvalue weighted by atomic mass is 19.1. The zero-order valence-electron chi connectivity index (χ0n) is 15.7. The zero-order valence-corrected chi connectivity index (χ0v) is 15.7. The molecule has 0 aromatic rings. The Kier molecular flexibility index (Phi) is 4.39. The quantitative estimate of drug-likeness (QED) is 0.680. The first-order valence-electron chi connectivity index (χ1n) is 10.3. The van der Waals surface area contributed by atoms with Gasteiger partial charge in [0.25, 0.3) is 0 Å². The molecular formula is C22H33FO2. The van der Waals surface area contributed by atoms with Gasteiger partial charge in [0, 0.05) is 0 Å². The van der Waals surface area contributed by atoms with Crippen LogP contribution in [0, 0.1) is 34.5 Å². The SMILES string of the molecule is C[C@]12CCCCC1CC[C@@H]1[C@@H]2CC[C@]2(C)C(C=C(F)C(O)O)=CC[C@@H]12. The lowest BCUT2D eigenvalue weighted by Gasteiger charge is -2.60. The van der Waals surface area contributed by atoms with Crippen LogP contribution in [0.4, 0.5) is 4.39 Å². The molecule has 3 saturated carbocycles. The summed E-state index contributed by atoms with van der Waals surface area (Å²) in [6, 6.07) is 0. The van der Waals surface area contributed by atoms with E-state index in [0.29, 0.717) is 11.3 Å². The van der Waals surface area contributed by atoms with Gasteiger partial charge < -0.3 is 10.2 Å². The Labute approximate surface area is 151 Å². The van der Waals surface area contributed by atoms with Gasteiger partial charge in [0.15, 0.2) is 5.83 Å². The van der Waals surface area contributed by atoms with E-state index in [1.165, 1.54) is 51.0 Å². The third-order valence-corrected chi connectivity index (χ3v) is 8.76. The number of hydrogen-bond acceptors (Lipinski definition) is 2. The van der Waals surface area contributed by atoms with Crippen molar-refractivity contribution in [3.05, 3.63) is 23.6 Å². The summed E-state index contributed by atoms with van der Waals surface area (Å²) < 4.78 is 13.8. The standard InChI is InChI=1S/C22H33FO2/c1-21-11-4-3-5-14(21)6-8-16-17-9-7-15(13-19(23)20(24)25)22(17,2)12-10-18(16)21/h7,13-14,16-18,20,24-25H,3-6,8-12H2,1-2H3/t14?,16-,17-,18-,21-,22+/m0/s1. The van der Waals surface area contributed by atoms with E-state index in [0.717, 1.165) is 36.2 Å². The van der Waals surface area contributed by atoms with Gasteiger partial charge in [-0.1, -0.05) is 32.8 Å². The fraction of sp³-hybridized carbons (Fsp3) is 0.818. The summed E-state index contributed by atoms with van der Waals surface area (Å²) in [5.74, 6) is 2.28. The van der Waals surface area contributed by atoms with Crippen LogP contribution < -0.4 is 0 Å². The summed E-state index contributed by atoms with van der Waals surface area (Å²) >= 11 is 0. The molecule has 0 aromatic heterocycles. The summed E-state index contributed by atoms with van der Waals surface area (Å²) in [6.45, 7) is 4.86. The van der Waals surface area contributed by atoms with Crippen molar-refractivity contribution in [2.24, 2.45) is 34.5 Å². The minimum absolute atomic E-state index is 0.00522. The van der Waals surface area contributed by atoms with Crippen LogP contribution in [-0.2, 0) is 0 Å². The first kappa shape index (κ1) is 17.7. The number of rotatable bonds is 2. The lowest BCUT2D eigenvalue weighted by atomic mass is 9.45. The van der Waals surface area contributed by atoms with Gasteiger partial charge in [-0.2, -0.15) is 0 Å². The highest BCUT2D eigenvalue weighted by molar-refractivity contribution is 5.35.